The number of amides is 1. The van der Waals surface area contributed by atoms with Crippen LogP contribution < -0.4 is 19.9 Å². The lowest BCUT2D eigenvalue weighted by molar-refractivity contribution is -0.384. The smallest absolute Gasteiger partial charge is 0.293 e. The first-order valence-corrected chi connectivity index (χ1v) is 11.2. The number of aryl methyl sites for hydroxylation is 2. The van der Waals surface area contributed by atoms with Crippen LogP contribution in [0.15, 0.2) is 60.7 Å². The lowest BCUT2D eigenvalue weighted by atomic mass is 10.1. The largest absolute Gasteiger partial charge is 0.495 e. The average molecular weight is 461 g/mol. The van der Waals surface area contributed by atoms with E-state index in [1.165, 1.54) is 6.07 Å². The van der Waals surface area contributed by atoms with E-state index in [1.807, 2.05) is 61.2 Å². The fourth-order valence-electron chi connectivity index (χ4n) is 4.31. The summed E-state index contributed by atoms with van der Waals surface area (Å²) in [5, 5.41) is 14.7. The molecule has 1 aliphatic rings. The highest BCUT2D eigenvalue weighted by atomic mass is 16.6. The number of ether oxygens (including phenoxy) is 1. The molecular weight excluding hydrogens is 432 g/mol. The Hall–Kier alpha value is -4.07. The third-order valence-electron chi connectivity index (χ3n) is 6.11. The molecular formula is C26H28N4O4. The van der Waals surface area contributed by atoms with Crippen LogP contribution in [-0.4, -0.2) is 44.1 Å². The van der Waals surface area contributed by atoms with Crippen LogP contribution in [0.4, 0.5) is 22.7 Å². The van der Waals surface area contributed by atoms with Crippen LogP contribution in [0, 0.1) is 24.0 Å². The number of methoxy groups -OCH3 is 1. The van der Waals surface area contributed by atoms with Crippen LogP contribution in [-0.2, 0) is 0 Å². The second-order valence-corrected chi connectivity index (χ2v) is 8.38. The Labute approximate surface area is 198 Å². The van der Waals surface area contributed by atoms with E-state index >= 15 is 0 Å². The monoisotopic (exact) mass is 460 g/mol. The minimum atomic E-state index is -0.421. The molecule has 8 nitrogen and oxygen atoms in total. The maximum absolute atomic E-state index is 12.8. The normalized spacial score (nSPS) is 13.5. The summed E-state index contributed by atoms with van der Waals surface area (Å²) in [6.07, 6.45) is 0. The summed E-state index contributed by atoms with van der Waals surface area (Å²) in [5.41, 5.74) is 4.44. The molecule has 1 aliphatic heterocycles. The van der Waals surface area contributed by atoms with E-state index in [9.17, 15) is 14.9 Å². The summed E-state index contributed by atoms with van der Waals surface area (Å²) in [6.45, 7) is 6.54. The summed E-state index contributed by atoms with van der Waals surface area (Å²) in [6, 6.07) is 18.3. The molecule has 34 heavy (non-hydrogen) atoms. The number of anilines is 3. The summed E-state index contributed by atoms with van der Waals surface area (Å²) in [7, 11) is 1.65. The zero-order chi connectivity index (χ0) is 24.2. The standard InChI is InChI=1S/C26H28N4O4/c1-18-8-10-21(19(2)16-18)27-26(31)20-9-11-22(24(17-20)30(32)33)28-12-14-29(15-13-28)23-6-4-5-7-25(23)34-3/h4-11,16-17H,12-15H2,1-3H3,(H,27,31). The molecule has 176 valence electrons. The van der Waals surface area contributed by atoms with Gasteiger partial charge in [0.15, 0.2) is 0 Å². The second kappa shape index (κ2) is 9.82. The van der Waals surface area contributed by atoms with E-state index in [1.54, 1.807) is 19.2 Å². The van der Waals surface area contributed by atoms with Crippen molar-refractivity contribution in [1.29, 1.82) is 0 Å². The van der Waals surface area contributed by atoms with Crippen molar-refractivity contribution in [3.8, 4) is 5.75 Å². The van der Waals surface area contributed by atoms with Gasteiger partial charge < -0.3 is 19.9 Å². The molecule has 4 rings (SSSR count). The molecule has 0 aromatic heterocycles. The van der Waals surface area contributed by atoms with Crippen LogP contribution in [0.5, 0.6) is 5.75 Å². The summed E-state index contributed by atoms with van der Waals surface area (Å²) >= 11 is 0. The van der Waals surface area contributed by atoms with Crippen LogP contribution in [0.25, 0.3) is 0 Å². The van der Waals surface area contributed by atoms with Gasteiger partial charge in [-0.2, -0.15) is 0 Å². The van der Waals surface area contributed by atoms with Crippen molar-refractivity contribution in [2.75, 3.05) is 48.4 Å². The lowest BCUT2D eigenvalue weighted by Crippen LogP contribution is -2.46. The first kappa shape index (κ1) is 23.1. The molecule has 1 N–H and O–H groups in total. The van der Waals surface area contributed by atoms with Crippen LogP contribution in [0.1, 0.15) is 21.5 Å². The molecule has 1 saturated heterocycles. The highest BCUT2D eigenvalue weighted by Gasteiger charge is 2.26. The highest BCUT2D eigenvalue weighted by molar-refractivity contribution is 6.05. The Bertz CT molecular complexity index is 1220. The van der Waals surface area contributed by atoms with Crippen LogP contribution in [0.2, 0.25) is 0 Å². The second-order valence-electron chi connectivity index (χ2n) is 8.38. The van der Waals surface area contributed by atoms with Gasteiger partial charge in [0, 0.05) is 43.5 Å². The zero-order valence-electron chi connectivity index (χ0n) is 19.6. The molecule has 3 aromatic rings. The molecule has 0 radical (unpaired) electrons. The van der Waals surface area contributed by atoms with Gasteiger partial charge in [0.05, 0.1) is 17.7 Å². The Morgan fingerprint density at radius 2 is 1.62 bits per heavy atom. The first-order chi connectivity index (χ1) is 16.4. The maximum atomic E-state index is 12.8. The average Bonchev–Trinajstić information content (AvgIpc) is 2.85. The van der Waals surface area contributed by atoms with E-state index in [0.29, 0.717) is 37.6 Å². The van der Waals surface area contributed by atoms with Crippen molar-refractivity contribution in [3.05, 3.63) is 87.5 Å². The van der Waals surface area contributed by atoms with Gasteiger partial charge >= 0.3 is 0 Å². The minimum Gasteiger partial charge on any atom is -0.495 e. The number of rotatable bonds is 6. The molecule has 0 saturated carbocycles. The van der Waals surface area contributed by atoms with Gasteiger partial charge in [0.2, 0.25) is 0 Å². The topological polar surface area (TPSA) is 88.0 Å². The molecule has 0 bridgehead atoms. The number of carbonyl (C=O) groups is 1. The SMILES string of the molecule is COc1ccccc1N1CCN(c2ccc(C(=O)Nc3ccc(C)cc3C)cc2[N+](=O)[O-])CC1. The van der Waals surface area contributed by atoms with Gasteiger partial charge in [0.25, 0.3) is 11.6 Å². The Kier molecular flexibility index (Phi) is 6.67. The predicted octanol–water partition coefficient (Wildman–Crippen LogP) is 4.80. The molecule has 3 aromatic carbocycles. The molecule has 1 heterocycles. The maximum Gasteiger partial charge on any atom is 0.293 e. The molecule has 0 aliphatic carbocycles. The van der Waals surface area contributed by atoms with Crippen LogP contribution >= 0.6 is 0 Å². The van der Waals surface area contributed by atoms with E-state index in [2.05, 4.69) is 10.2 Å². The van der Waals surface area contributed by atoms with Gasteiger partial charge in [-0.05, 0) is 49.7 Å². The first-order valence-electron chi connectivity index (χ1n) is 11.2. The van der Waals surface area contributed by atoms with Gasteiger partial charge in [-0.1, -0.05) is 29.8 Å². The van der Waals surface area contributed by atoms with E-state index in [4.69, 9.17) is 4.74 Å². The van der Waals surface area contributed by atoms with Gasteiger partial charge in [0.1, 0.15) is 11.4 Å². The number of para-hydroxylation sites is 2. The van der Waals surface area contributed by atoms with E-state index in [0.717, 1.165) is 22.6 Å². The van der Waals surface area contributed by atoms with Crippen molar-refractivity contribution in [2.45, 2.75) is 13.8 Å². The fraction of sp³-hybridized carbons (Fsp3) is 0.269. The number of hydrogen-bond donors (Lipinski definition) is 1. The van der Waals surface area contributed by atoms with Gasteiger partial charge in [-0.25, -0.2) is 0 Å². The summed E-state index contributed by atoms with van der Waals surface area (Å²) < 4.78 is 5.47. The van der Waals surface area contributed by atoms with E-state index < -0.39 is 4.92 Å². The fourth-order valence-corrected chi connectivity index (χ4v) is 4.31. The number of hydrogen-bond acceptors (Lipinski definition) is 6. The van der Waals surface area contributed by atoms with E-state index in [-0.39, 0.29) is 17.2 Å². The molecule has 0 spiro atoms. The Morgan fingerprint density at radius 3 is 2.26 bits per heavy atom. The van der Waals surface area contributed by atoms with Crippen molar-refractivity contribution in [3.63, 3.8) is 0 Å². The van der Waals surface area contributed by atoms with Crippen molar-refractivity contribution >= 4 is 28.7 Å². The number of nitro groups is 1. The highest BCUT2D eigenvalue weighted by Crippen LogP contribution is 2.33. The number of nitro benzene ring substituents is 1. The Morgan fingerprint density at radius 1 is 0.941 bits per heavy atom. The number of piperazine rings is 1. The molecule has 1 amide bonds. The van der Waals surface area contributed by atoms with Crippen LogP contribution in [0.3, 0.4) is 0 Å². The lowest BCUT2D eigenvalue weighted by Gasteiger charge is -2.37. The number of nitrogens with zero attached hydrogens (tertiary/aromatic N) is 3. The molecule has 0 unspecified atom stereocenters. The molecule has 0 atom stereocenters. The number of carbonyl (C=O) groups excluding carboxylic acids is 1. The third kappa shape index (κ3) is 4.80. The van der Waals surface area contributed by atoms with Crippen molar-refractivity contribution < 1.29 is 14.5 Å². The summed E-state index contributed by atoms with van der Waals surface area (Å²) in [5.74, 6) is 0.434. The number of benzene rings is 3. The zero-order valence-corrected chi connectivity index (χ0v) is 19.6. The Balaban J connectivity index is 1.51. The van der Waals surface area contributed by atoms with Crippen molar-refractivity contribution in [2.24, 2.45) is 0 Å². The van der Waals surface area contributed by atoms with Crippen molar-refractivity contribution in [1.82, 2.24) is 0 Å². The summed E-state index contributed by atoms with van der Waals surface area (Å²) in [4.78, 5) is 28.5. The molecule has 1 fully saturated rings. The van der Waals surface area contributed by atoms with Gasteiger partial charge in [-0.3, -0.25) is 14.9 Å². The third-order valence-corrected chi connectivity index (χ3v) is 6.11. The quantitative estimate of drug-likeness (QED) is 0.420. The number of nitrogens with one attached hydrogen (secondary N) is 1. The van der Waals surface area contributed by atoms with Gasteiger partial charge in [-0.15, -0.1) is 0 Å². The molecule has 8 heteroatoms. The minimum absolute atomic E-state index is 0.0704. The predicted molar refractivity (Wildman–Crippen MR) is 134 cm³/mol.